The largest absolute Gasteiger partial charge is 0.308 e. The quantitative estimate of drug-likeness (QED) is 0.835. The number of nitrogens with zero attached hydrogens (tertiary/aromatic N) is 1. The Morgan fingerprint density at radius 2 is 1.84 bits per heavy atom. The first-order valence-electron chi connectivity index (χ1n) is 8.77. The molecular formula is C17H32N2. The van der Waals surface area contributed by atoms with Gasteiger partial charge in [-0.05, 0) is 45.1 Å². The van der Waals surface area contributed by atoms with Crippen molar-refractivity contribution >= 4 is 0 Å². The monoisotopic (exact) mass is 264 g/mol. The lowest BCUT2D eigenvalue weighted by atomic mass is 9.92. The Labute approximate surface area is 119 Å². The molecule has 2 saturated carbocycles. The van der Waals surface area contributed by atoms with Crippen LogP contribution in [0.4, 0.5) is 0 Å². The maximum Gasteiger partial charge on any atom is 0.0309 e. The molecule has 0 radical (unpaired) electrons. The average molecular weight is 264 g/mol. The Kier molecular flexibility index (Phi) is 4.48. The zero-order valence-corrected chi connectivity index (χ0v) is 12.8. The minimum atomic E-state index is 0.500. The molecule has 0 aromatic heterocycles. The molecule has 2 heteroatoms. The predicted octanol–water partition coefficient (Wildman–Crippen LogP) is 3.56. The summed E-state index contributed by atoms with van der Waals surface area (Å²) in [5.41, 5.74) is 0.500. The molecule has 3 rings (SSSR count). The van der Waals surface area contributed by atoms with Crippen molar-refractivity contribution in [3.8, 4) is 0 Å². The van der Waals surface area contributed by atoms with Crippen molar-refractivity contribution in [2.24, 2.45) is 5.92 Å². The number of hydrogen-bond acceptors (Lipinski definition) is 2. The maximum atomic E-state index is 3.86. The van der Waals surface area contributed by atoms with Gasteiger partial charge in [0, 0.05) is 24.7 Å². The lowest BCUT2D eigenvalue weighted by molar-refractivity contribution is 0.0864. The van der Waals surface area contributed by atoms with E-state index in [1.807, 2.05) is 0 Å². The minimum absolute atomic E-state index is 0.500. The van der Waals surface area contributed by atoms with Gasteiger partial charge in [-0.25, -0.2) is 0 Å². The molecule has 3 fully saturated rings. The van der Waals surface area contributed by atoms with Crippen molar-refractivity contribution in [2.45, 2.75) is 82.7 Å². The van der Waals surface area contributed by atoms with Crippen LogP contribution in [-0.2, 0) is 0 Å². The number of rotatable bonds is 4. The summed E-state index contributed by atoms with van der Waals surface area (Å²) in [5.74, 6) is 1.07. The van der Waals surface area contributed by atoms with E-state index in [9.17, 15) is 0 Å². The first-order valence-corrected chi connectivity index (χ1v) is 8.77. The summed E-state index contributed by atoms with van der Waals surface area (Å²) >= 11 is 0. The Morgan fingerprint density at radius 1 is 1.11 bits per heavy atom. The molecule has 0 amide bonds. The molecule has 1 saturated heterocycles. The first-order chi connectivity index (χ1) is 9.27. The van der Waals surface area contributed by atoms with Crippen molar-refractivity contribution in [3.05, 3.63) is 0 Å². The third-order valence-corrected chi connectivity index (χ3v) is 5.99. The van der Waals surface area contributed by atoms with E-state index in [4.69, 9.17) is 0 Å². The Bertz CT molecular complexity index is 277. The molecule has 110 valence electrons. The minimum Gasteiger partial charge on any atom is -0.308 e. The van der Waals surface area contributed by atoms with Gasteiger partial charge in [0.2, 0.25) is 0 Å². The van der Waals surface area contributed by atoms with Gasteiger partial charge in [-0.15, -0.1) is 0 Å². The normalized spacial score (nSPS) is 32.4. The summed E-state index contributed by atoms with van der Waals surface area (Å²) in [6.07, 6.45) is 14.7. The smallest absolute Gasteiger partial charge is 0.0309 e. The van der Waals surface area contributed by atoms with E-state index in [2.05, 4.69) is 17.1 Å². The third-order valence-electron chi connectivity index (χ3n) is 5.99. The number of piperazine rings is 1. The third kappa shape index (κ3) is 3.33. The van der Waals surface area contributed by atoms with Crippen molar-refractivity contribution < 1.29 is 0 Å². The van der Waals surface area contributed by atoms with Crippen LogP contribution in [0, 0.1) is 5.92 Å². The van der Waals surface area contributed by atoms with Crippen LogP contribution < -0.4 is 5.32 Å². The van der Waals surface area contributed by atoms with E-state index in [0.29, 0.717) is 5.54 Å². The van der Waals surface area contributed by atoms with Crippen LogP contribution in [0.3, 0.4) is 0 Å². The molecular weight excluding hydrogens is 232 g/mol. The fourth-order valence-electron chi connectivity index (χ4n) is 4.66. The van der Waals surface area contributed by atoms with Gasteiger partial charge in [-0.1, -0.05) is 38.5 Å². The Balaban J connectivity index is 1.45. The van der Waals surface area contributed by atoms with Crippen LogP contribution in [0.5, 0.6) is 0 Å². The van der Waals surface area contributed by atoms with Crippen LogP contribution in [0.2, 0.25) is 0 Å². The Hall–Kier alpha value is -0.0800. The molecule has 1 atom stereocenters. The van der Waals surface area contributed by atoms with E-state index >= 15 is 0 Å². The van der Waals surface area contributed by atoms with Crippen LogP contribution in [0.25, 0.3) is 0 Å². The van der Waals surface area contributed by atoms with E-state index < -0.39 is 0 Å². The van der Waals surface area contributed by atoms with Crippen LogP contribution in [0.1, 0.15) is 71.1 Å². The molecule has 0 bridgehead atoms. The highest BCUT2D eigenvalue weighted by molar-refractivity contribution is 5.00. The summed E-state index contributed by atoms with van der Waals surface area (Å²) in [7, 11) is 0. The van der Waals surface area contributed by atoms with Crippen LogP contribution in [0.15, 0.2) is 0 Å². The topological polar surface area (TPSA) is 15.3 Å². The second kappa shape index (κ2) is 6.13. The second-order valence-corrected chi connectivity index (χ2v) is 7.48. The van der Waals surface area contributed by atoms with Crippen molar-refractivity contribution in [3.63, 3.8) is 0 Å². The van der Waals surface area contributed by atoms with Gasteiger partial charge >= 0.3 is 0 Å². The molecule has 0 aromatic carbocycles. The van der Waals surface area contributed by atoms with Crippen LogP contribution >= 0.6 is 0 Å². The highest BCUT2D eigenvalue weighted by Gasteiger charge is 2.39. The van der Waals surface area contributed by atoms with Gasteiger partial charge in [0.15, 0.2) is 0 Å². The van der Waals surface area contributed by atoms with Gasteiger partial charge < -0.3 is 5.32 Å². The number of nitrogens with one attached hydrogen (secondary N) is 1. The SMILES string of the molecule is CC1CNC2(CCCC2)CN1CCCC1CCCC1. The molecule has 1 heterocycles. The first kappa shape index (κ1) is 13.9. The molecule has 1 aliphatic heterocycles. The van der Waals surface area contributed by atoms with Gasteiger partial charge in [-0.3, -0.25) is 4.90 Å². The molecule has 2 aliphatic carbocycles. The standard InChI is InChI=1S/C17H32N2/c1-15-13-18-17(10-4-5-11-17)14-19(15)12-6-9-16-7-2-3-8-16/h15-16,18H,2-14H2,1H3. The summed E-state index contributed by atoms with van der Waals surface area (Å²) in [6.45, 7) is 6.29. The molecule has 1 spiro atoms. The molecule has 19 heavy (non-hydrogen) atoms. The lowest BCUT2D eigenvalue weighted by Gasteiger charge is -2.45. The highest BCUT2D eigenvalue weighted by atomic mass is 15.2. The molecule has 2 nitrogen and oxygen atoms in total. The molecule has 3 aliphatic rings. The van der Waals surface area contributed by atoms with E-state index in [1.165, 1.54) is 83.8 Å². The van der Waals surface area contributed by atoms with Crippen molar-refractivity contribution in [2.75, 3.05) is 19.6 Å². The predicted molar refractivity (Wildman–Crippen MR) is 81.4 cm³/mol. The van der Waals surface area contributed by atoms with Gasteiger partial charge in [0.1, 0.15) is 0 Å². The zero-order chi connectivity index (χ0) is 13.1. The summed E-state index contributed by atoms with van der Waals surface area (Å²) < 4.78 is 0. The summed E-state index contributed by atoms with van der Waals surface area (Å²) in [5, 5.41) is 3.86. The summed E-state index contributed by atoms with van der Waals surface area (Å²) in [4.78, 5) is 2.79. The van der Waals surface area contributed by atoms with E-state index in [1.54, 1.807) is 0 Å². The maximum absolute atomic E-state index is 3.86. The van der Waals surface area contributed by atoms with Crippen LogP contribution in [-0.4, -0.2) is 36.1 Å². The molecule has 1 unspecified atom stereocenters. The number of hydrogen-bond donors (Lipinski definition) is 1. The molecule has 0 aromatic rings. The zero-order valence-electron chi connectivity index (χ0n) is 12.8. The summed E-state index contributed by atoms with van der Waals surface area (Å²) in [6, 6.07) is 0.745. The lowest BCUT2D eigenvalue weighted by Crippen LogP contribution is -2.62. The van der Waals surface area contributed by atoms with Crippen molar-refractivity contribution in [1.82, 2.24) is 10.2 Å². The van der Waals surface area contributed by atoms with E-state index in [-0.39, 0.29) is 0 Å². The van der Waals surface area contributed by atoms with Crippen molar-refractivity contribution in [1.29, 1.82) is 0 Å². The van der Waals surface area contributed by atoms with Gasteiger partial charge in [0.05, 0.1) is 0 Å². The van der Waals surface area contributed by atoms with Gasteiger partial charge in [-0.2, -0.15) is 0 Å². The fraction of sp³-hybridized carbons (Fsp3) is 1.00. The fourth-order valence-corrected chi connectivity index (χ4v) is 4.66. The van der Waals surface area contributed by atoms with E-state index in [0.717, 1.165) is 12.0 Å². The van der Waals surface area contributed by atoms with Gasteiger partial charge in [0.25, 0.3) is 0 Å². The average Bonchev–Trinajstić information content (AvgIpc) is 3.06. The molecule has 1 N–H and O–H groups in total. The second-order valence-electron chi connectivity index (χ2n) is 7.48. The Morgan fingerprint density at radius 3 is 2.58 bits per heavy atom. The highest BCUT2D eigenvalue weighted by Crippen LogP contribution is 2.33.